The van der Waals surface area contributed by atoms with Crippen molar-refractivity contribution in [2.75, 3.05) is 13.2 Å². The standard InChI is InChI=1S/C12H16N4O2/c1-3-17-12(18-4-2)10-7-9(15-16-10)11-8-13-5-6-14-11/h5-8,12H,3-4H2,1-2H3,(H,15,16). The summed E-state index contributed by atoms with van der Waals surface area (Å²) in [7, 11) is 0. The number of H-pyrrole nitrogens is 1. The third kappa shape index (κ3) is 2.91. The molecule has 2 aromatic rings. The van der Waals surface area contributed by atoms with Crippen molar-refractivity contribution < 1.29 is 9.47 Å². The quantitative estimate of drug-likeness (QED) is 0.791. The van der Waals surface area contributed by atoms with Crippen molar-refractivity contribution >= 4 is 0 Å². The molecule has 2 aromatic heterocycles. The predicted octanol–water partition coefficient (Wildman–Crippen LogP) is 1.94. The van der Waals surface area contributed by atoms with Crippen LogP contribution in [0, 0.1) is 0 Å². The van der Waals surface area contributed by atoms with Gasteiger partial charge in [-0.1, -0.05) is 0 Å². The molecule has 0 radical (unpaired) electrons. The summed E-state index contributed by atoms with van der Waals surface area (Å²) in [4.78, 5) is 8.20. The van der Waals surface area contributed by atoms with Crippen molar-refractivity contribution in [2.24, 2.45) is 0 Å². The Morgan fingerprint density at radius 3 is 2.56 bits per heavy atom. The van der Waals surface area contributed by atoms with E-state index in [2.05, 4.69) is 20.2 Å². The van der Waals surface area contributed by atoms with Gasteiger partial charge in [0.15, 0.2) is 6.29 Å². The second-order valence-corrected chi connectivity index (χ2v) is 3.54. The number of aromatic amines is 1. The van der Waals surface area contributed by atoms with Crippen LogP contribution in [0.3, 0.4) is 0 Å². The van der Waals surface area contributed by atoms with Crippen molar-refractivity contribution in [3.05, 3.63) is 30.4 Å². The highest BCUT2D eigenvalue weighted by Gasteiger charge is 2.15. The third-order valence-corrected chi connectivity index (χ3v) is 2.31. The average Bonchev–Trinajstić information content (AvgIpc) is 2.89. The Balaban J connectivity index is 2.18. The zero-order chi connectivity index (χ0) is 12.8. The third-order valence-electron chi connectivity index (χ3n) is 2.31. The molecule has 0 amide bonds. The van der Waals surface area contributed by atoms with Crippen LogP contribution in [0.15, 0.2) is 24.7 Å². The van der Waals surface area contributed by atoms with Crippen LogP contribution in [0.25, 0.3) is 11.4 Å². The molecule has 0 aliphatic rings. The predicted molar refractivity (Wildman–Crippen MR) is 65.6 cm³/mol. The van der Waals surface area contributed by atoms with E-state index in [0.29, 0.717) is 18.9 Å². The fourth-order valence-corrected chi connectivity index (χ4v) is 1.55. The highest BCUT2D eigenvalue weighted by molar-refractivity contribution is 5.52. The smallest absolute Gasteiger partial charge is 0.200 e. The molecule has 18 heavy (non-hydrogen) atoms. The van der Waals surface area contributed by atoms with Crippen LogP contribution in [-0.2, 0) is 9.47 Å². The van der Waals surface area contributed by atoms with Gasteiger partial charge in [-0.3, -0.25) is 15.1 Å². The lowest BCUT2D eigenvalue weighted by molar-refractivity contribution is -0.142. The summed E-state index contributed by atoms with van der Waals surface area (Å²) in [5.74, 6) is 0. The molecule has 0 aliphatic heterocycles. The zero-order valence-electron chi connectivity index (χ0n) is 10.5. The van der Waals surface area contributed by atoms with Gasteiger partial charge in [0.1, 0.15) is 11.4 Å². The van der Waals surface area contributed by atoms with E-state index < -0.39 is 6.29 Å². The SMILES string of the molecule is CCOC(OCC)c1cc(-c2cnccn2)n[nH]1. The summed E-state index contributed by atoms with van der Waals surface area (Å²) in [6.45, 7) is 4.99. The number of nitrogens with zero attached hydrogens (tertiary/aromatic N) is 3. The Bertz CT molecular complexity index is 466. The summed E-state index contributed by atoms with van der Waals surface area (Å²) < 4.78 is 11.0. The Labute approximate surface area is 105 Å². The van der Waals surface area contributed by atoms with Crippen molar-refractivity contribution in [3.63, 3.8) is 0 Å². The molecule has 0 atom stereocenters. The Hall–Kier alpha value is -1.79. The molecule has 2 heterocycles. The molecule has 0 aliphatic carbocycles. The van der Waals surface area contributed by atoms with Gasteiger partial charge in [-0.05, 0) is 19.9 Å². The van der Waals surface area contributed by atoms with E-state index in [1.54, 1.807) is 18.6 Å². The van der Waals surface area contributed by atoms with Crippen LogP contribution in [0.4, 0.5) is 0 Å². The first-order chi connectivity index (χ1) is 8.85. The maximum absolute atomic E-state index is 5.49. The molecule has 0 spiro atoms. The van der Waals surface area contributed by atoms with E-state index in [1.165, 1.54) is 0 Å². The van der Waals surface area contributed by atoms with E-state index in [0.717, 1.165) is 11.4 Å². The fourth-order valence-electron chi connectivity index (χ4n) is 1.55. The minimum Gasteiger partial charge on any atom is -0.347 e. The van der Waals surface area contributed by atoms with Gasteiger partial charge >= 0.3 is 0 Å². The molecular formula is C12H16N4O2. The van der Waals surface area contributed by atoms with Crippen LogP contribution >= 0.6 is 0 Å². The Morgan fingerprint density at radius 2 is 1.94 bits per heavy atom. The van der Waals surface area contributed by atoms with E-state index in [1.807, 2.05) is 19.9 Å². The highest BCUT2D eigenvalue weighted by atomic mass is 16.7. The number of rotatable bonds is 6. The van der Waals surface area contributed by atoms with Gasteiger partial charge < -0.3 is 9.47 Å². The van der Waals surface area contributed by atoms with Gasteiger partial charge in [0.05, 0.1) is 11.9 Å². The van der Waals surface area contributed by atoms with Crippen molar-refractivity contribution in [3.8, 4) is 11.4 Å². The van der Waals surface area contributed by atoms with Crippen LogP contribution in [0.1, 0.15) is 25.8 Å². The van der Waals surface area contributed by atoms with Crippen molar-refractivity contribution in [1.82, 2.24) is 20.2 Å². The number of ether oxygens (including phenoxy) is 2. The number of hydrogen-bond acceptors (Lipinski definition) is 5. The number of nitrogens with one attached hydrogen (secondary N) is 1. The summed E-state index contributed by atoms with van der Waals surface area (Å²) in [5.41, 5.74) is 2.22. The molecule has 96 valence electrons. The van der Waals surface area contributed by atoms with Gasteiger partial charge in [-0.25, -0.2) is 0 Å². The molecule has 0 saturated heterocycles. The minimum absolute atomic E-state index is 0.419. The van der Waals surface area contributed by atoms with E-state index in [-0.39, 0.29) is 0 Å². The number of hydrogen-bond donors (Lipinski definition) is 1. The van der Waals surface area contributed by atoms with Crippen molar-refractivity contribution in [1.29, 1.82) is 0 Å². The van der Waals surface area contributed by atoms with Crippen LogP contribution in [0.5, 0.6) is 0 Å². The maximum atomic E-state index is 5.49. The summed E-state index contributed by atoms with van der Waals surface area (Å²) in [6, 6.07) is 1.86. The molecule has 0 fully saturated rings. The topological polar surface area (TPSA) is 72.9 Å². The van der Waals surface area contributed by atoms with E-state index in [9.17, 15) is 0 Å². The van der Waals surface area contributed by atoms with Gasteiger partial charge in [0, 0.05) is 25.6 Å². The molecule has 6 nitrogen and oxygen atoms in total. The van der Waals surface area contributed by atoms with E-state index >= 15 is 0 Å². The number of aromatic nitrogens is 4. The molecular weight excluding hydrogens is 232 g/mol. The highest BCUT2D eigenvalue weighted by Crippen LogP contribution is 2.21. The monoisotopic (exact) mass is 248 g/mol. The molecule has 0 aromatic carbocycles. The maximum Gasteiger partial charge on any atom is 0.200 e. The molecule has 0 saturated carbocycles. The second-order valence-electron chi connectivity index (χ2n) is 3.54. The summed E-state index contributed by atoms with van der Waals surface area (Å²) >= 11 is 0. The summed E-state index contributed by atoms with van der Waals surface area (Å²) in [6.07, 6.45) is 4.50. The first-order valence-corrected chi connectivity index (χ1v) is 5.90. The molecule has 6 heteroatoms. The van der Waals surface area contributed by atoms with Gasteiger partial charge in [-0.15, -0.1) is 0 Å². The van der Waals surface area contributed by atoms with Gasteiger partial charge in [0.2, 0.25) is 0 Å². The molecule has 0 unspecified atom stereocenters. The second kappa shape index (κ2) is 6.23. The molecule has 1 N–H and O–H groups in total. The average molecular weight is 248 g/mol. The fraction of sp³-hybridized carbons (Fsp3) is 0.417. The van der Waals surface area contributed by atoms with Crippen LogP contribution in [-0.4, -0.2) is 33.4 Å². The Kier molecular flexibility index (Phi) is 4.38. The minimum atomic E-state index is -0.419. The lowest BCUT2D eigenvalue weighted by Crippen LogP contribution is -2.09. The largest absolute Gasteiger partial charge is 0.347 e. The van der Waals surface area contributed by atoms with Gasteiger partial charge in [0.25, 0.3) is 0 Å². The molecule has 0 bridgehead atoms. The lowest BCUT2D eigenvalue weighted by Gasteiger charge is -2.14. The van der Waals surface area contributed by atoms with Crippen molar-refractivity contribution in [2.45, 2.75) is 20.1 Å². The zero-order valence-corrected chi connectivity index (χ0v) is 10.5. The first kappa shape index (κ1) is 12.7. The summed E-state index contributed by atoms with van der Waals surface area (Å²) in [5, 5.41) is 7.09. The normalized spacial score (nSPS) is 11.1. The Morgan fingerprint density at radius 1 is 1.17 bits per heavy atom. The van der Waals surface area contributed by atoms with E-state index in [4.69, 9.17) is 9.47 Å². The van der Waals surface area contributed by atoms with Crippen LogP contribution < -0.4 is 0 Å². The lowest BCUT2D eigenvalue weighted by atomic mass is 10.3. The van der Waals surface area contributed by atoms with Crippen LogP contribution in [0.2, 0.25) is 0 Å². The first-order valence-electron chi connectivity index (χ1n) is 5.90. The molecule has 2 rings (SSSR count). The van der Waals surface area contributed by atoms with Gasteiger partial charge in [-0.2, -0.15) is 5.10 Å².